The van der Waals surface area contributed by atoms with E-state index in [0.717, 1.165) is 24.6 Å². The predicted molar refractivity (Wildman–Crippen MR) is 105 cm³/mol. The van der Waals surface area contributed by atoms with Crippen molar-refractivity contribution in [3.63, 3.8) is 0 Å². The summed E-state index contributed by atoms with van der Waals surface area (Å²) in [5, 5.41) is 4.27. The van der Waals surface area contributed by atoms with Crippen LogP contribution in [0.25, 0.3) is 0 Å². The summed E-state index contributed by atoms with van der Waals surface area (Å²) >= 11 is 0. The van der Waals surface area contributed by atoms with Crippen LogP contribution in [-0.2, 0) is 6.42 Å². The maximum absolute atomic E-state index is 13.5. The molecule has 1 aromatic heterocycles. The molecule has 2 aliphatic heterocycles. The number of halogens is 1. The summed E-state index contributed by atoms with van der Waals surface area (Å²) in [6, 6.07) is 18.1. The first-order valence-corrected chi connectivity index (χ1v) is 10.0. The number of benzene rings is 2. The van der Waals surface area contributed by atoms with E-state index in [-0.39, 0.29) is 17.7 Å². The van der Waals surface area contributed by atoms with Crippen LogP contribution in [0.5, 0.6) is 0 Å². The number of hydrogen-bond acceptors (Lipinski definition) is 4. The van der Waals surface area contributed by atoms with E-state index < -0.39 is 0 Å². The summed E-state index contributed by atoms with van der Waals surface area (Å²) < 4.78 is 19.3. The summed E-state index contributed by atoms with van der Waals surface area (Å²) in [6.45, 7) is 0. The molecule has 0 N–H and O–H groups in total. The lowest BCUT2D eigenvalue weighted by Crippen LogP contribution is -2.44. The first-order chi connectivity index (χ1) is 13.7. The van der Waals surface area contributed by atoms with Gasteiger partial charge in [0.1, 0.15) is 5.82 Å². The zero-order valence-electron chi connectivity index (χ0n) is 16.0. The molecular formula is C23H24FN3O. The second kappa shape index (κ2) is 7.13. The molecule has 4 atom stereocenters. The van der Waals surface area contributed by atoms with Crippen LogP contribution in [0.3, 0.4) is 0 Å². The van der Waals surface area contributed by atoms with E-state index in [0.29, 0.717) is 18.5 Å². The monoisotopic (exact) mass is 377 g/mol. The summed E-state index contributed by atoms with van der Waals surface area (Å²) in [5.41, 5.74) is 2.34. The van der Waals surface area contributed by atoms with Gasteiger partial charge in [0.15, 0.2) is 5.82 Å². The first kappa shape index (κ1) is 17.6. The number of nitrogens with zero attached hydrogens (tertiary/aromatic N) is 3. The van der Waals surface area contributed by atoms with Gasteiger partial charge in [0.25, 0.3) is 0 Å². The van der Waals surface area contributed by atoms with Crippen LogP contribution in [0.4, 0.5) is 4.39 Å². The van der Waals surface area contributed by atoms with Crippen molar-refractivity contribution < 1.29 is 8.91 Å². The summed E-state index contributed by atoms with van der Waals surface area (Å²) in [6.07, 6.45) is 4.04. The highest BCUT2D eigenvalue weighted by Gasteiger charge is 2.48. The van der Waals surface area contributed by atoms with Crippen molar-refractivity contribution in [2.45, 2.75) is 49.6 Å². The van der Waals surface area contributed by atoms with Crippen LogP contribution < -0.4 is 0 Å². The molecular weight excluding hydrogens is 353 g/mol. The Morgan fingerprint density at radius 3 is 2.64 bits per heavy atom. The molecule has 0 amide bonds. The molecule has 0 unspecified atom stereocenters. The number of piperidine rings is 1. The number of aromatic nitrogens is 2. The van der Waals surface area contributed by atoms with Crippen molar-refractivity contribution in [1.82, 2.24) is 15.0 Å². The normalized spacial score (nSPS) is 27.2. The third-order valence-corrected chi connectivity index (χ3v) is 6.54. The van der Waals surface area contributed by atoms with E-state index in [1.54, 1.807) is 12.1 Å². The molecule has 28 heavy (non-hydrogen) atoms. The van der Waals surface area contributed by atoms with Crippen molar-refractivity contribution in [2.75, 3.05) is 7.05 Å². The fraction of sp³-hybridized carbons (Fsp3) is 0.391. The molecule has 2 fully saturated rings. The number of fused-ring (bicyclic) bond motifs is 2. The van der Waals surface area contributed by atoms with Crippen molar-refractivity contribution >= 4 is 0 Å². The van der Waals surface area contributed by atoms with E-state index in [1.165, 1.54) is 17.5 Å². The Balaban J connectivity index is 1.47. The summed E-state index contributed by atoms with van der Waals surface area (Å²) in [7, 11) is 2.21. The smallest absolute Gasteiger partial charge is 0.231 e. The number of hydrogen-bond donors (Lipinski definition) is 0. The lowest BCUT2D eigenvalue weighted by molar-refractivity contribution is 0.120. The predicted octanol–water partition coefficient (Wildman–Crippen LogP) is 4.53. The molecule has 2 aromatic carbocycles. The molecule has 2 saturated heterocycles. The minimum absolute atomic E-state index is 0.145. The van der Waals surface area contributed by atoms with E-state index in [1.807, 2.05) is 30.3 Å². The van der Waals surface area contributed by atoms with Crippen molar-refractivity contribution in [2.24, 2.45) is 0 Å². The van der Waals surface area contributed by atoms with E-state index >= 15 is 0 Å². The van der Waals surface area contributed by atoms with Crippen molar-refractivity contribution in [3.8, 4) is 0 Å². The van der Waals surface area contributed by atoms with Gasteiger partial charge < -0.3 is 4.52 Å². The quantitative estimate of drug-likeness (QED) is 0.670. The maximum atomic E-state index is 13.5. The topological polar surface area (TPSA) is 42.2 Å². The second-order valence-corrected chi connectivity index (χ2v) is 8.09. The van der Waals surface area contributed by atoms with Gasteiger partial charge in [-0.1, -0.05) is 47.6 Å². The number of likely N-dealkylation sites (N-methyl/N-ethyl adjacent to an activating group) is 1. The molecule has 0 radical (unpaired) electrons. The third kappa shape index (κ3) is 3.14. The molecule has 0 aliphatic carbocycles. The van der Waals surface area contributed by atoms with Crippen LogP contribution >= 0.6 is 0 Å². The minimum Gasteiger partial charge on any atom is -0.339 e. The molecule has 3 heterocycles. The molecule has 2 aliphatic rings. The zero-order chi connectivity index (χ0) is 19.1. The van der Waals surface area contributed by atoms with Gasteiger partial charge in [-0.3, -0.25) is 4.90 Å². The van der Waals surface area contributed by atoms with Gasteiger partial charge in [-0.25, -0.2) is 4.39 Å². The molecule has 5 heteroatoms. The fourth-order valence-electron chi connectivity index (χ4n) is 5.11. The Hall–Kier alpha value is -2.53. The van der Waals surface area contributed by atoms with Crippen LogP contribution in [0.1, 0.15) is 53.9 Å². The van der Waals surface area contributed by atoms with E-state index in [2.05, 4.69) is 29.2 Å². The third-order valence-electron chi connectivity index (χ3n) is 6.54. The van der Waals surface area contributed by atoms with Crippen molar-refractivity contribution in [3.05, 3.63) is 83.3 Å². The molecule has 3 aromatic rings. The lowest BCUT2D eigenvalue weighted by atomic mass is 9.76. The molecule has 0 saturated carbocycles. The Morgan fingerprint density at radius 2 is 1.86 bits per heavy atom. The Labute approximate surface area is 164 Å². The highest BCUT2D eigenvalue weighted by molar-refractivity contribution is 5.28. The molecule has 144 valence electrons. The summed E-state index contributed by atoms with van der Waals surface area (Å²) in [4.78, 5) is 7.27. The zero-order valence-corrected chi connectivity index (χ0v) is 16.0. The van der Waals surface area contributed by atoms with E-state index in [9.17, 15) is 4.39 Å². The fourth-order valence-corrected chi connectivity index (χ4v) is 5.11. The van der Waals surface area contributed by atoms with Gasteiger partial charge >= 0.3 is 0 Å². The van der Waals surface area contributed by atoms with Gasteiger partial charge in [-0.05, 0) is 55.5 Å². The molecule has 0 spiro atoms. The van der Waals surface area contributed by atoms with Crippen molar-refractivity contribution in [1.29, 1.82) is 0 Å². The van der Waals surface area contributed by atoms with Gasteiger partial charge in [0.05, 0.1) is 5.92 Å². The molecule has 2 bridgehead atoms. The SMILES string of the molecule is CN1[C@H]2CC[C@@H]1[C@H](c1nc(Cc3ccccc3)no1)[C@@H](c1ccc(F)cc1)C2. The number of rotatable bonds is 4. The lowest BCUT2D eigenvalue weighted by Gasteiger charge is -2.41. The largest absolute Gasteiger partial charge is 0.339 e. The minimum atomic E-state index is -0.195. The van der Waals surface area contributed by atoms with Crippen LogP contribution in [0.2, 0.25) is 0 Å². The van der Waals surface area contributed by atoms with Gasteiger partial charge in [0, 0.05) is 18.5 Å². The molecule has 4 nitrogen and oxygen atoms in total. The highest BCUT2D eigenvalue weighted by atomic mass is 19.1. The maximum Gasteiger partial charge on any atom is 0.231 e. The van der Waals surface area contributed by atoms with Gasteiger partial charge in [-0.15, -0.1) is 0 Å². The Kier molecular flexibility index (Phi) is 4.47. The first-order valence-electron chi connectivity index (χ1n) is 10.0. The van der Waals surface area contributed by atoms with Gasteiger partial charge in [-0.2, -0.15) is 4.98 Å². The Bertz CT molecular complexity index is 940. The summed E-state index contributed by atoms with van der Waals surface area (Å²) in [5.74, 6) is 1.67. The molecule has 5 rings (SSSR count). The van der Waals surface area contributed by atoms with E-state index in [4.69, 9.17) is 9.51 Å². The average Bonchev–Trinajstić information content (AvgIpc) is 3.25. The highest BCUT2D eigenvalue weighted by Crippen LogP contribution is 2.50. The standard InChI is InChI=1S/C23H24FN3O/c1-27-18-11-12-20(27)22(19(14-18)16-7-9-17(24)10-8-16)23-25-21(26-28-23)13-15-5-3-2-4-6-15/h2-10,18-20,22H,11-14H2,1H3/t18-,19+,20+,22+/m0/s1. The average molecular weight is 377 g/mol. The Morgan fingerprint density at radius 1 is 1.07 bits per heavy atom. The van der Waals surface area contributed by atoms with Crippen LogP contribution in [0.15, 0.2) is 59.1 Å². The van der Waals surface area contributed by atoms with Crippen LogP contribution in [0, 0.1) is 5.82 Å². The second-order valence-electron chi connectivity index (χ2n) is 8.09. The van der Waals surface area contributed by atoms with Crippen LogP contribution in [-0.4, -0.2) is 34.2 Å². The van der Waals surface area contributed by atoms with Gasteiger partial charge in [0.2, 0.25) is 5.89 Å².